The number of nitrogens with one attached hydrogen (secondary N) is 1. The number of amides is 1. The van der Waals surface area contributed by atoms with Crippen molar-refractivity contribution in [1.29, 1.82) is 0 Å². The maximum Gasteiger partial charge on any atom is 0.226 e. The number of rotatable bonds is 3. The molecule has 0 spiro atoms. The van der Waals surface area contributed by atoms with Crippen molar-refractivity contribution in [2.24, 2.45) is 5.92 Å². The fourth-order valence-electron chi connectivity index (χ4n) is 3.64. The lowest BCUT2D eigenvalue weighted by Gasteiger charge is -2.30. The van der Waals surface area contributed by atoms with E-state index in [1.54, 1.807) is 0 Å². The quantitative estimate of drug-likeness (QED) is 0.771. The average molecular weight is 239 g/mol. The largest absolute Gasteiger partial charge is 0.394 e. The van der Waals surface area contributed by atoms with E-state index in [4.69, 9.17) is 4.74 Å². The maximum absolute atomic E-state index is 12.3. The van der Waals surface area contributed by atoms with Crippen molar-refractivity contribution in [3.05, 3.63) is 0 Å². The second-order valence-electron chi connectivity index (χ2n) is 5.85. The second-order valence-corrected chi connectivity index (χ2v) is 5.85. The summed E-state index contributed by atoms with van der Waals surface area (Å²) in [5.41, 5.74) is -0.334. The first-order valence-corrected chi connectivity index (χ1v) is 6.81. The van der Waals surface area contributed by atoms with Crippen molar-refractivity contribution in [1.82, 2.24) is 5.32 Å². The van der Waals surface area contributed by atoms with Crippen LogP contribution in [0.4, 0.5) is 0 Å². The van der Waals surface area contributed by atoms with Gasteiger partial charge in [0, 0.05) is 0 Å². The highest BCUT2D eigenvalue weighted by Gasteiger charge is 2.46. The molecule has 0 aromatic heterocycles. The number of hydrogen-bond donors (Lipinski definition) is 2. The third-order valence-electron chi connectivity index (χ3n) is 4.69. The van der Waals surface area contributed by atoms with Gasteiger partial charge >= 0.3 is 0 Å². The molecule has 17 heavy (non-hydrogen) atoms. The van der Waals surface area contributed by atoms with Gasteiger partial charge in [-0.05, 0) is 32.1 Å². The van der Waals surface area contributed by atoms with E-state index in [0.717, 1.165) is 44.9 Å². The molecule has 0 radical (unpaired) electrons. The summed E-state index contributed by atoms with van der Waals surface area (Å²) in [6, 6.07) is 0. The second kappa shape index (κ2) is 4.25. The zero-order valence-electron chi connectivity index (χ0n) is 10.2. The van der Waals surface area contributed by atoms with Crippen LogP contribution in [0, 0.1) is 5.92 Å². The van der Waals surface area contributed by atoms with Gasteiger partial charge in [-0.2, -0.15) is 0 Å². The van der Waals surface area contributed by atoms with Crippen molar-refractivity contribution < 1.29 is 14.6 Å². The van der Waals surface area contributed by atoms with Crippen molar-refractivity contribution in [2.75, 3.05) is 6.61 Å². The molecule has 96 valence electrons. The van der Waals surface area contributed by atoms with E-state index in [0.29, 0.717) is 6.10 Å². The van der Waals surface area contributed by atoms with Gasteiger partial charge < -0.3 is 15.2 Å². The molecule has 2 aliphatic heterocycles. The number of hydrogen-bond acceptors (Lipinski definition) is 3. The predicted octanol–water partition coefficient (Wildman–Crippen LogP) is 0.975. The molecule has 0 aromatic carbocycles. The highest BCUT2D eigenvalue weighted by atomic mass is 16.5. The number of ether oxygens (including phenoxy) is 1. The number of aliphatic hydroxyl groups is 1. The minimum Gasteiger partial charge on any atom is -0.394 e. The van der Waals surface area contributed by atoms with Gasteiger partial charge in [0.25, 0.3) is 0 Å². The van der Waals surface area contributed by atoms with E-state index in [1.165, 1.54) is 0 Å². The molecular weight excluding hydrogens is 218 g/mol. The summed E-state index contributed by atoms with van der Waals surface area (Å²) in [6.45, 7) is 0.0699. The Hall–Kier alpha value is -0.610. The molecule has 3 aliphatic rings. The zero-order chi connectivity index (χ0) is 11.9. The van der Waals surface area contributed by atoms with Crippen molar-refractivity contribution in [2.45, 2.75) is 62.7 Å². The molecule has 4 nitrogen and oxygen atoms in total. The molecule has 3 rings (SSSR count). The zero-order valence-corrected chi connectivity index (χ0v) is 10.2. The highest BCUT2D eigenvalue weighted by molar-refractivity contribution is 5.80. The number of carbonyl (C=O) groups is 1. The minimum atomic E-state index is -0.334. The van der Waals surface area contributed by atoms with Gasteiger partial charge in [-0.15, -0.1) is 0 Å². The van der Waals surface area contributed by atoms with Gasteiger partial charge in [-0.3, -0.25) is 4.79 Å². The highest BCUT2D eigenvalue weighted by Crippen LogP contribution is 2.39. The molecule has 4 heteroatoms. The molecule has 3 atom stereocenters. The first kappa shape index (κ1) is 11.5. The number of fused-ring (bicyclic) bond motifs is 2. The van der Waals surface area contributed by atoms with Crippen molar-refractivity contribution in [3.8, 4) is 0 Å². The van der Waals surface area contributed by atoms with Gasteiger partial charge in [0.05, 0.1) is 30.3 Å². The fraction of sp³-hybridized carbons (Fsp3) is 0.923. The van der Waals surface area contributed by atoms with Gasteiger partial charge in [-0.1, -0.05) is 12.8 Å². The summed E-state index contributed by atoms with van der Waals surface area (Å²) < 4.78 is 5.71. The Morgan fingerprint density at radius 1 is 1.35 bits per heavy atom. The normalized spacial score (nSPS) is 38.5. The third kappa shape index (κ3) is 1.97. The molecule has 1 aliphatic carbocycles. The lowest BCUT2D eigenvalue weighted by Crippen LogP contribution is -2.52. The van der Waals surface area contributed by atoms with Crippen LogP contribution in [-0.2, 0) is 9.53 Å². The molecule has 2 bridgehead atoms. The van der Waals surface area contributed by atoms with Gasteiger partial charge in [0.1, 0.15) is 0 Å². The molecule has 1 saturated carbocycles. The summed E-state index contributed by atoms with van der Waals surface area (Å²) in [6.07, 6.45) is 7.49. The van der Waals surface area contributed by atoms with Crippen LogP contribution in [0.5, 0.6) is 0 Å². The Labute approximate surface area is 102 Å². The summed E-state index contributed by atoms with van der Waals surface area (Å²) >= 11 is 0. The van der Waals surface area contributed by atoms with Gasteiger partial charge in [0.2, 0.25) is 5.91 Å². The average Bonchev–Trinajstić information content (AvgIpc) is 3.04. The molecule has 3 unspecified atom stereocenters. The van der Waals surface area contributed by atoms with E-state index in [-0.39, 0.29) is 30.1 Å². The Morgan fingerprint density at radius 2 is 2.12 bits per heavy atom. The molecule has 1 amide bonds. The standard InChI is InChI=1S/C13H21NO3/c15-8-13(5-1-2-6-13)14-12(16)10-7-9-3-4-11(10)17-9/h9-11,15H,1-8H2,(H,14,16). The number of aliphatic hydroxyl groups excluding tert-OH is 1. The van der Waals surface area contributed by atoms with E-state index in [9.17, 15) is 9.90 Å². The van der Waals surface area contributed by atoms with Crippen LogP contribution in [0.3, 0.4) is 0 Å². The van der Waals surface area contributed by atoms with E-state index < -0.39 is 0 Å². The van der Waals surface area contributed by atoms with E-state index >= 15 is 0 Å². The van der Waals surface area contributed by atoms with Crippen LogP contribution in [0.15, 0.2) is 0 Å². The predicted molar refractivity (Wildman–Crippen MR) is 62.4 cm³/mol. The van der Waals surface area contributed by atoms with Crippen LogP contribution in [0.2, 0.25) is 0 Å². The molecule has 3 fully saturated rings. The molecular formula is C13H21NO3. The fourth-order valence-corrected chi connectivity index (χ4v) is 3.64. The third-order valence-corrected chi connectivity index (χ3v) is 4.69. The topological polar surface area (TPSA) is 58.6 Å². The van der Waals surface area contributed by atoms with Crippen LogP contribution in [0.1, 0.15) is 44.9 Å². The van der Waals surface area contributed by atoms with Gasteiger partial charge in [0.15, 0.2) is 0 Å². The Kier molecular flexibility index (Phi) is 2.87. The lowest BCUT2D eigenvalue weighted by molar-refractivity contribution is -0.129. The van der Waals surface area contributed by atoms with Crippen LogP contribution in [0.25, 0.3) is 0 Å². The Balaban J connectivity index is 1.63. The summed E-state index contributed by atoms with van der Waals surface area (Å²) in [5, 5.41) is 12.6. The monoisotopic (exact) mass is 239 g/mol. The van der Waals surface area contributed by atoms with Crippen LogP contribution < -0.4 is 5.32 Å². The minimum absolute atomic E-state index is 0.0257. The summed E-state index contributed by atoms with van der Waals surface area (Å²) in [5.74, 6) is 0.130. The SMILES string of the molecule is O=C(NC1(CO)CCCC1)C1CC2CCC1O2. The first-order chi connectivity index (χ1) is 8.22. The Morgan fingerprint density at radius 3 is 2.65 bits per heavy atom. The van der Waals surface area contributed by atoms with Crippen LogP contribution >= 0.6 is 0 Å². The van der Waals surface area contributed by atoms with Crippen molar-refractivity contribution in [3.63, 3.8) is 0 Å². The summed E-state index contributed by atoms with van der Waals surface area (Å²) in [7, 11) is 0. The first-order valence-electron chi connectivity index (χ1n) is 6.81. The van der Waals surface area contributed by atoms with Crippen LogP contribution in [-0.4, -0.2) is 35.4 Å². The molecule has 2 N–H and O–H groups in total. The number of carbonyl (C=O) groups excluding carboxylic acids is 1. The molecule has 2 saturated heterocycles. The lowest BCUT2D eigenvalue weighted by atomic mass is 9.87. The van der Waals surface area contributed by atoms with E-state index in [1.807, 2.05) is 0 Å². The Bertz CT molecular complexity index is 312. The maximum atomic E-state index is 12.3. The molecule has 2 heterocycles. The summed E-state index contributed by atoms with van der Waals surface area (Å²) in [4.78, 5) is 12.3. The van der Waals surface area contributed by atoms with E-state index in [2.05, 4.69) is 5.32 Å². The molecule has 0 aromatic rings. The van der Waals surface area contributed by atoms with Crippen molar-refractivity contribution >= 4 is 5.91 Å². The smallest absolute Gasteiger partial charge is 0.226 e. The van der Waals surface area contributed by atoms with Gasteiger partial charge in [-0.25, -0.2) is 0 Å².